The summed E-state index contributed by atoms with van der Waals surface area (Å²) in [7, 11) is 1.64. The summed E-state index contributed by atoms with van der Waals surface area (Å²) in [5, 5.41) is 9.55. The fraction of sp³-hybridized carbons (Fsp3) is 0.600. The number of benzene rings is 1. The second-order valence-corrected chi connectivity index (χ2v) is 6.73. The molecule has 1 heterocycles. The standard InChI is InChI=1S/C20H33N5O/c1-4-12-25-13-10-18(11-14-25)24-20(22-5-2)23-15-16-6-8-17(9-7-16)19(26)21-3/h6-9,18H,4-5,10-15H2,1-3H3,(H,21,26)(H2,22,23,24). The topological polar surface area (TPSA) is 68.8 Å². The molecular formula is C20H33N5O. The van der Waals surface area contributed by atoms with E-state index in [1.165, 1.54) is 13.0 Å². The highest BCUT2D eigenvalue weighted by molar-refractivity contribution is 5.93. The van der Waals surface area contributed by atoms with Gasteiger partial charge in [0.25, 0.3) is 5.91 Å². The maximum Gasteiger partial charge on any atom is 0.251 e. The van der Waals surface area contributed by atoms with Gasteiger partial charge in [-0.05, 0) is 50.4 Å². The molecule has 6 nitrogen and oxygen atoms in total. The number of aliphatic imine (C=N–C) groups is 1. The average molecular weight is 360 g/mol. The first kappa shape index (κ1) is 20.2. The minimum absolute atomic E-state index is 0.0653. The third kappa shape index (κ3) is 6.33. The zero-order valence-electron chi connectivity index (χ0n) is 16.3. The molecule has 1 amide bonds. The normalized spacial score (nSPS) is 16.3. The van der Waals surface area contributed by atoms with E-state index in [4.69, 9.17) is 4.99 Å². The molecule has 1 aromatic rings. The molecule has 144 valence electrons. The van der Waals surface area contributed by atoms with E-state index in [1.807, 2.05) is 24.3 Å². The monoisotopic (exact) mass is 359 g/mol. The molecular weight excluding hydrogens is 326 g/mol. The Balaban J connectivity index is 1.89. The molecule has 1 aromatic carbocycles. The molecule has 3 N–H and O–H groups in total. The van der Waals surface area contributed by atoms with Crippen molar-refractivity contribution in [2.75, 3.05) is 33.2 Å². The molecule has 0 aromatic heterocycles. The molecule has 6 heteroatoms. The Morgan fingerprint density at radius 3 is 2.46 bits per heavy atom. The summed E-state index contributed by atoms with van der Waals surface area (Å²) < 4.78 is 0. The molecule has 0 unspecified atom stereocenters. The van der Waals surface area contributed by atoms with E-state index in [0.29, 0.717) is 18.2 Å². The van der Waals surface area contributed by atoms with Gasteiger partial charge < -0.3 is 20.9 Å². The molecule has 0 bridgehead atoms. The Labute approximate surface area is 157 Å². The third-order valence-corrected chi connectivity index (χ3v) is 4.68. The van der Waals surface area contributed by atoms with Gasteiger partial charge in [0.1, 0.15) is 0 Å². The highest BCUT2D eigenvalue weighted by atomic mass is 16.1. The van der Waals surface area contributed by atoms with Crippen molar-refractivity contribution in [3.05, 3.63) is 35.4 Å². The summed E-state index contributed by atoms with van der Waals surface area (Å²) in [6, 6.07) is 8.08. The average Bonchev–Trinajstić information content (AvgIpc) is 2.68. The van der Waals surface area contributed by atoms with Crippen molar-refractivity contribution in [2.45, 2.75) is 45.7 Å². The number of nitrogens with zero attached hydrogens (tertiary/aromatic N) is 2. The lowest BCUT2D eigenvalue weighted by Crippen LogP contribution is -2.48. The van der Waals surface area contributed by atoms with Crippen molar-refractivity contribution in [2.24, 2.45) is 4.99 Å². The van der Waals surface area contributed by atoms with Crippen LogP contribution in [0.25, 0.3) is 0 Å². The summed E-state index contributed by atoms with van der Waals surface area (Å²) in [5.41, 5.74) is 1.76. The lowest BCUT2D eigenvalue weighted by atomic mass is 10.1. The van der Waals surface area contributed by atoms with Gasteiger partial charge in [0.05, 0.1) is 6.54 Å². The SMILES string of the molecule is CCCN1CCC(NC(=NCc2ccc(C(=O)NC)cc2)NCC)CC1. The third-order valence-electron chi connectivity index (χ3n) is 4.68. The molecule has 1 saturated heterocycles. The Bertz CT molecular complexity index is 576. The van der Waals surface area contributed by atoms with Crippen molar-refractivity contribution in [1.82, 2.24) is 20.9 Å². The molecule has 0 aliphatic carbocycles. The number of rotatable bonds is 7. The zero-order valence-corrected chi connectivity index (χ0v) is 16.3. The minimum atomic E-state index is -0.0653. The molecule has 26 heavy (non-hydrogen) atoms. The zero-order chi connectivity index (χ0) is 18.8. The molecule has 1 aliphatic rings. The van der Waals surface area contributed by atoms with Crippen molar-refractivity contribution >= 4 is 11.9 Å². The second-order valence-electron chi connectivity index (χ2n) is 6.73. The maximum atomic E-state index is 11.6. The van der Waals surface area contributed by atoms with Gasteiger partial charge in [-0.15, -0.1) is 0 Å². The van der Waals surface area contributed by atoms with Crippen LogP contribution in [0.15, 0.2) is 29.3 Å². The van der Waals surface area contributed by atoms with Gasteiger partial charge in [-0.3, -0.25) is 4.79 Å². The van der Waals surface area contributed by atoms with E-state index in [0.717, 1.165) is 44.0 Å². The van der Waals surface area contributed by atoms with Crippen molar-refractivity contribution in [3.63, 3.8) is 0 Å². The molecule has 1 fully saturated rings. The van der Waals surface area contributed by atoms with Crippen LogP contribution in [-0.2, 0) is 6.54 Å². The largest absolute Gasteiger partial charge is 0.357 e. The summed E-state index contributed by atoms with van der Waals surface area (Å²) in [6.45, 7) is 9.28. The predicted octanol–water partition coefficient (Wildman–Crippen LogP) is 1.98. The summed E-state index contributed by atoms with van der Waals surface area (Å²) in [5.74, 6) is 0.807. The van der Waals surface area contributed by atoms with E-state index in [1.54, 1.807) is 7.05 Å². The van der Waals surface area contributed by atoms with Crippen LogP contribution in [0.3, 0.4) is 0 Å². The highest BCUT2D eigenvalue weighted by Gasteiger charge is 2.19. The van der Waals surface area contributed by atoms with Gasteiger partial charge >= 0.3 is 0 Å². The van der Waals surface area contributed by atoms with E-state index in [2.05, 4.69) is 34.7 Å². The number of carbonyl (C=O) groups is 1. The molecule has 0 spiro atoms. The minimum Gasteiger partial charge on any atom is -0.357 e. The quantitative estimate of drug-likeness (QED) is 0.514. The van der Waals surface area contributed by atoms with Gasteiger partial charge in [0.15, 0.2) is 5.96 Å². The lowest BCUT2D eigenvalue weighted by molar-refractivity contribution is 0.0963. The van der Waals surface area contributed by atoms with Crippen LogP contribution in [0.4, 0.5) is 0 Å². The molecule has 2 rings (SSSR count). The molecule has 0 saturated carbocycles. The smallest absolute Gasteiger partial charge is 0.251 e. The van der Waals surface area contributed by atoms with Gasteiger partial charge in [-0.2, -0.15) is 0 Å². The van der Waals surface area contributed by atoms with Gasteiger partial charge in [0.2, 0.25) is 0 Å². The van der Waals surface area contributed by atoms with E-state index in [-0.39, 0.29) is 5.91 Å². The fourth-order valence-corrected chi connectivity index (χ4v) is 3.21. The number of carbonyl (C=O) groups excluding carboxylic acids is 1. The van der Waals surface area contributed by atoms with E-state index in [9.17, 15) is 4.79 Å². The van der Waals surface area contributed by atoms with Crippen LogP contribution in [-0.4, -0.2) is 56.0 Å². The first-order valence-corrected chi connectivity index (χ1v) is 9.74. The van der Waals surface area contributed by atoms with Crippen molar-refractivity contribution in [3.8, 4) is 0 Å². The number of hydrogen-bond acceptors (Lipinski definition) is 3. The highest BCUT2D eigenvalue weighted by Crippen LogP contribution is 2.11. The number of piperidine rings is 1. The summed E-state index contributed by atoms with van der Waals surface area (Å²) in [6.07, 6.45) is 3.54. The van der Waals surface area contributed by atoms with Gasteiger partial charge in [-0.25, -0.2) is 4.99 Å². The maximum absolute atomic E-state index is 11.6. The number of guanidine groups is 1. The van der Waals surface area contributed by atoms with Crippen LogP contribution in [0.1, 0.15) is 49.0 Å². The van der Waals surface area contributed by atoms with Crippen LogP contribution in [0.2, 0.25) is 0 Å². The van der Waals surface area contributed by atoms with Gasteiger partial charge in [0, 0.05) is 38.3 Å². The number of likely N-dealkylation sites (tertiary alicyclic amines) is 1. The first-order valence-electron chi connectivity index (χ1n) is 9.74. The van der Waals surface area contributed by atoms with Crippen LogP contribution >= 0.6 is 0 Å². The number of nitrogens with one attached hydrogen (secondary N) is 3. The molecule has 1 aliphatic heterocycles. The Morgan fingerprint density at radius 1 is 1.19 bits per heavy atom. The summed E-state index contributed by atoms with van der Waals surface area (Å²) in [4.78, 5) is 18.8. The predicted molar refractivity (Wildman–Crippen MR) is 108 cm³/mol. The Hall–Kier alpha value is -2.08. The van der Waals surface area contributed by atoms with Gasteiger partial charge in [-0.1, -0.05) is 19.1 Å². The number of amides is 1. The van der Waals surface area contributed by atoms with Crippen LogP contribution in [0, 0.1) is 0 Å². The summed E-state index contributed by atoms with van der Waals surface area (Å²) >= 11 is 0. The molecule has 0 radical (unpaired) electrons. The van der Waals surface area contributed by atoms with Crippen LogP contribution in [0.5, 0.6) is 0 Å². The second kappa shape index (κ2) is 10.8. The van der Waals surface area contributed by atoms with Crippen LogP contribution < -0.4 is 16.0 Å². The Morgan fingerprint density at radius 2 is 1.88 bits per heavy atom. The fourth-order valence-electron chi connectivity index (χ4n) is 3.21. The first-order chi connectivity index (χ1) is 12.7. The Kier molecular flexibility index (Phi) is 8.41. The molecule has 0 atom stereocenters. The number of hydrogen-bond donors (Lipinski definition) is 3. The van der Waals surface area contributed by atoms with E-state index < -0.39 is 0 Å². The van der Waals surface area contributed by atoms with Crippen molar-refractivity contribution < 1.29 is 4.79 Å². The lowest BCUT2D eigenvalue weighted by Gasteiger charge is -2.32. The van der Waals surface area contributed by atoms with Crippen molar-refractivity contribution in [1.29, 1.82) is 0 Å². The van der Waals surface area contributed by atoms with E-state index >= 15 is 0 Å².